The van der Waals surface area contributed by atoms with E-state index in [0.717, 1.165) is 13.0 Å². The van der Waals surface area contributed by atoms with Crippen LogP contribution in [0.2, 0.25) is 5.15 Å². The van der Waals surface area contributed by atoms with Crippen molar-refractivity contribution in [2.45, 2.75) is 6.42 Å². The van der Waals surface area contributed by atoms with Crippen LogP contribution in [0.15, 0.2) is 12.1 Å². The molecule has 7 heteroatoms. The van der Waals surface area contributed by atoms with Crippen LogP contribution in [0, 0.1) is 10.1 Å². The molecule has 0 N–H and O–H groups in total. The van der Waals surface area contributed by atoms with E-state index in [-0.39, 0.29) is 10.8 Å². The maximum Gasteiger partial charge on any atom is 0.311 e. The fraction of sp³-hybridized carbons (Fsp3) is 0.545. The highest BCUT2D eigenvalue weighted by Crippen LogP contribution is 2.26. The van der Waals surface area contributed by atoms with Crippen molar-refractivity contribution in [1.82, 2.24) is 9.88 Å². The predicted octanol–water partition coefficient (Wildman–Crippen LogP) is 2.03. The van der Waals surface area contributed by atoms with E-state index in [1.807, 2.05) is 14.1 Å². The molecule has 1 heterocycles. The van der Waals surface area contributed by atoms with Crippen molar-refractivity contribution in [3.05, 3.63) is 27.4 Å². The van der Waals surface area contributed by atoms with Crippen LogP contribution in [0.1, 0.15) is 6.42 Å². The van der Waals surface area contributed by atoms with Crippen LogP contribution >= 0.6 is 11.6 Å². The van der Waals surface area contributed by atoms with E-state index in [1.54, 1.807) is 11.9 Å². The van der Waals surface area contributed by atoms with Crippen LogP contribution in [0.3, 0.4) is 0 Å². The zero-order valence-electron chi connectivity index (χ0n) is 10.8. The van der Waals surface area contributed by atoms with Crippen LogP contribution < -0.4 is 4.90 Å². The molecular formula is C11H17ClN4O2. The number of halogens is 1. The molecule has 0 aliphatic rings. The van der Waals surface area contributed by atoms with Gasteiger partial charge in [-0.15, -0.1) is 0 Å². The molecule has 0 saturated carbocycles. The summed E-state index contributed by atoms with van der Waals surface area (Å²) in [5.41, 5.74) is -0.0215. The van der Waals surface area contributed by atoms with E-state index in [0.29, 0.717) is 12.4 Å². The van der Waals surface area contributed by atoms with Crippen LogP contribution in [-0.2, 0) is 0 Å². The van der Waals surface area contributed by atoms with Gasteiger partial charge in [0.1, 0.15) is 5.15 Å². The number of aromatic nitrogens is 1. The molecule has 100 valence electrons. The second-order valence-electron chi connectivity index (χ2n) is 4.31. The van der Waals surface area contributed by atoms with Crippen molar-refractivity contribution < 1.29 is 4.92 Å². The van der Waals surface area contributed by atoms with Gasteiger partial charge in [0.25, 0.3) is 0 Å². The molecule has 6 nitrogen and oxygen atoms in total. The van der Waals surface area contributed by atoms with E-state index >= 15 is 0 Å². The number of hydrogen-bond acceptors (Lipinski definition) is 5. The maximum absolute atomic E-state index is 10.9. The highest BCUT2D eigenvalue weighted by Gasteiger charge is 2.19. The van der Waals surface area contributed by atoms with Gasteiger partial charge in [0.15, 0.2) is 0 Å². The molecule has 0 fully saturated rings. The molecule has 0 amide bonds. The molecule has 0 aliphatic heterocycles. The Balaban J connectivity index is 2.80. The number of pyridine rings is 1. The van der Waals surface area contributed by atoms with E-state index in [9.17, 15) is 10.1 Å². The summed E-state index contributed by atoms with van der Waals surface area (Å²) in [6.45, 7) is 1.60. The molecule has 0 atom stereocenters. The van der Waals surface area contributed by atoms with Gasteiger partial charge in [0.05, 0.1) is 4.92 Å². The Morgan fingerprint density at radius 1 is 1.33 bits per heavy atom. The van der Waals surface area contributed by atoms with Crippen LogP contribution in [0.5, 0.6) is 0 Å². The summed E-state index contributed by atoms with van der Waals surface area (Å²) < 4.78 is 0. The molecule has 18 heavy (non-hydrogen) atoms. The predicted molar refractivity (Wildman–Crippen MR) is 72.3 cm³/mol. The Morgan fingerprint density at radius 2 is 2.00 bits per heavy atom. The molecule has 0 aliphatic carbocycles. The Bertz CT molecular complexity index is 426. The molecular weight excluding hydrogens is 256 g/mol. The molecule has 0 saturated heterocycles. The molecule has 0 radical (unpaired) electrons. The summed E-state index contributed by atoms with van der Waals surface area (Å²) in [5, 5.41) is 11.2. The van der Waals surface area contributed by atoms with Gasteiger partial charge in [0, 0.05) is 19.7 Å². The van der Waals surface area contributed by atoms with Gasteiger partial charge >= 0.3 is 5.69 Å². The lowest BCUT2D eigenvalue weighted by Crippen LogP contribution is -2.24. The number of rotatable bonds is 6. The zero-order chi connectivity index (χ0) is 13.7. The maximum atomic E-state index is 10.9. The van der Waals surface area contributed by atoms with Crippen LogP contribution in [0.25, 0.3) is 0 Å². The van der Waals surface area contributed by atoms with E-state index < -0.39 is 4.92 Å². The van der Waals surface area contributed by atoms with Gasteiger partial charge in [-0.3, -0.25) is 10.1 Å². The lowest BCUT2D eigenvalue weighted by molar-refractivity contribution is -0.384. The van der Waals surface area contributed by atoms with Gasteiger partial charge in [-0.1, -0.05) is 11.6 Å². The SMILES string of the molecule is CN(C)CCCN(C)c1nc(Cl)ccc1[N+](=O)[O-]. The minimum Gasteiger partial charge on any atom is -0.354 e. The monoisotopic (exact) mass is 272 g/mol. The van der Waals surface area contributed by atoms with Gasteiger partial charge in [0.2, 0.25) is 5.82 Å². The average molecular weight is 273 g/mol. The highest BCUT2D eigenvalue weighted by molar-refractivity contribution is 6.29. The number of anilines is 1. The summed E-state index contributed by atoms with van der Waals surface area (Å²) in [6.07, 6.45) is 0.898. The van der Waals surface area contributed by atoms with Gasteiger partial charge < -0.3 is 9.80 Å². The third-order valence-electron chi connectivity index (χ3n) is 2.48. The lowest BCUT2D eigenvalue weighted by Gasteiger charge is -2.19. The Kier molecular flexibility index (Phi) is 5.30. The van der Waals surface area contributed by atoms with Crippen LogP contribution in [-0.4, -0.2) is 49.0 Å². The van der Waals surface area contributed by atoms with Crippen molar-refractivity contribution >= 4 is 23.1 Å². The fourth-order valence-electron chi connectivity index (χ4n) is 1.57. The average Bonchev–Trinajstić information content (AvgIpc) is 2.27. The first-order valence-electron chi connectivity index (χ1n) is 5.58. The first-order chi connectivity index (χ1) is 8.41. The third kappa shape index (κ3) is 4.12. The van der Waals surface area contributed by atoms with Gasteiger partial charge in [-0.2, -0.15) is 0 Å². The second kappa shape index (κ2) is 6.51. The number of hydrogen-bond donors (Lipinski definition) is 0. The molecule has 1 rings (SSSR count). The van der Waals surface area contributed by atoms with Crippen molar-refractivity contribution in [1.29, 1.82) is 0 Å². The summed E-state index contributed by atoms with van der Waals surface area (Å²) in [5.74, 6) is 0.311. The second-order valence-corrected chi connectivity index (χ2v) is 4.70. The summed E-state index contributed by atoms with van der Waals surface area (Å²) in [4.78, 5) is 18.3. The molecule has 0 bridgehead atoms. The Morgan fingerprint density at radius 3 is 2.56 bits per heavy atom. The van der Waals surface area contributed by atoms with Gasteiger partial charge in [-0.25, -0.2) is 4.98 Å². The molecule has 0 aromatic carbocycles. The minimum atomic E-state index is -0.443. The van der Waals surface area contributed by atoms with E-state index in [1.165, 1.54) is 12.1 Å². The van der Waals surface area contributed by atoms with E-state index in [4.69, 9.17) is 11.6 Å². The first-order valence-corrected chi connectivity index (χ1v) is 5.96. The summed E-state index contributed by atoms with van der Waals surface area (Å²) >= 11 is 5.78. The Labute approximate surface area is 111 Å². The largest absolute Gasteiger partial charge is 0.354 e. The molecule has 1 aromatic rings. The molecule has 0 spiro atoms. The minimum absolute atomic E-state index is 0.0215. The van der Waals surface area contributed by atoms with Crippen molar-refractivity contribution in [3.63, 3.8) is 0 Å². The van der Waals surface area contributed by atoms with Crippen molar-refractivity contribution in [2.24, 2.45) is 0 Å². The smallest absolute Gasteiger partial charge is 0.311 e. The first kappa shape index (κ1) is 14.7. The molecule has 0 unspecified atom stereocenters. The Hall–Kier alpha value is -1.40. The van der Waals surface area contributed by atoms with Crippen molar-refractivity contribution in [3.8, 4) is 0 Å². The summed E-state index contributed by atoms with van der Waals surface area (Å²) in [7, 11) is 5.75. The van der Waals surface area contributed by atoms with Gasteiger partial charge in [-0.05, 0) is 33.1 Å². The van der Waals surface area contributed by atoms with E-state index in [2.05, 4.69) is 9.88 Å². The highest BCUT2D eigenvalue weighted by atomic mass is 35.5. The standard InChI is InChI=1S/C11H17ClN4O2/c1-14(2)7-4-8-15(3)11-9(16(17)18)5-6-10(12)13-11/h5-6H,4,7-8H2,1-3H3. The quantitative estimate of drug-likeness (QED) is 0.450. The normalized spacial score (nSPS) is 10.7. The van der Waals surface area contributed by atoms with Crippen LogP contribution in [0.4, 0.5) is 11.5 Å². The lowest BCUT2D eigenvalue weighted by atomic mass is 10.3. The number of nitrogens with zero attached hydrogens (tertiary/aromatic N) is 4. The molecule has 1 aromatic heterocycles. The third-order valence-corrected chi connectivity index (χ3v) is 2.69. The van der Waals surface area contributed by atoms with Crippen molar-refractivity contribution in [2.75, 3.05) is 39.1 Å². The summed E-state index contributed by atoms with van der Waals surface area (Å²) in [6, 6.07) is 2.81. The zero-order valence-corrected chi connectivity index (χ0v) is 11.5. The fourth-order valence-corrected chi connectivity index (χ4v) is 1.71. The topological polar surface area (TPSA) is 62.5 Å². The number of nitro groups is 1.